The first-order chi connectivity index (χ1) is 22.1. The molecule has 0 saturated carbocycles. The molecule has 3 amide bonds. The van der Waals surface area contributed by atoms with Crippen LogP contribution in [-0.4, -0.2) is 59.0 Å². The second kappa shape index (κ2) is 14.4. The fraction of sp³-hybridized carbons (Fsp3) is 0.333. The topological polar surface area (TPSA) is 142 Å². The summed E-state index contributed by atoms with van der Waals surface area (Å²) in [4.78, 5) is 57.2. The zero-order valence-electron chi connectivity index (χ0n) is 26.2. The second-order valence-electron chi connectivity index (χ2n) is 12.2. The van der Waals surface area contributed by atoms with E-state index in [-0.39, 0.29) is 37.8 Å². The van der Waals surface area contributed by atoms with Gasteiger partial charge < -0.3 is 30.4 Å². The maximum atomic E-state index is 14.0. The number of alkyl carbamates (subject to hydrolysis) is 1. The first kappa shape index (κ1) is 32.4. The highest BCUT2D eigenvalue weighted by Crippen LogP contribution is 2.29. The van der Waals surface area contributed by atoms with E-state index in [9.17, 15) is 19.2 Å². The molecule has 1 unspecified atom stereocenters. The molecule has 5 rings (SSSR count). The highest BCUT2D eigenvalue weighted by molar-refractivity contribution is 5.99. The molecule has 3 aromatic carbocycles. The van der Waals surface area contributed by atoms with E-state index in [2.05, 4.69) is 20.9 Å². The lowest BCUT2D eigenvalue weighted by Gasteiger charge is -2.27. The SMILES string of the molecule is CC(C)C(NC(=O)OCc1ccccc1)C(=O)N[C@@H](Cc1c[nH]c2ccccc12)C(=O)N[C@@H](Cc1ccccc1)C(=O)[C@@]1(C)CO1. The van der Waals surface area contributed by atoms with Crippen molar-refractivity contribution in [2.45, 2.75) is 63.9 Å². The zero-order chi connectivity index (χ0) is 32.7. The number of hydrogen-bond acceptors (Lipinski definition) is 6. The van der Waals surface area contributed by atoms with Crippen LogP contribution in [0.25, 0.3) is 10.9 Å². The second-order valence-corrected chi connectivity index (χ2v) is 12.2. The summed E-state index contributed by atoms with van der Waals surface area (Å²) < 4.78 is 10.8. The Balaban J connectivity index is 1.35. The molecule has 4 aromatic rings. The number of fused-ring (bicyclic) bond motifs is 1. The third-order valence-corrected chi connectivity index (χ3v) is 8.18. The van der Waals surface area contributed by atoms with Gasteiger partial charge in [-0.1, -0.05) is 92.7 Å². The zero-order valence-corrected chi connectivity index (χ0v) is 26.2. The highest BCUT2D eigenvalue weighted by Gasteiger charge is 2.50. The van der Waals surface area contributed by atoms with Gasteiger partial charge in [-0.25, -0.2) is 4.79 Å². The average Bonchev–Trinajstić information content (AvgIpc) is 3.69. The predicted octanol–water partition coefficient (Wildman–Crippen LogP) is 4.23. The maximum absolute atomic E-state index is 14.0. The number of para-hydroxylation sites is 1. The molecule has 0 spiro atoms. The van der Waals surface area contributed by atoms with E-state index in [0.29, 0.717) is 0 Å². The van der Waals surface area contributed by atoms with Crippen LogP contribution in [0.4, 0.5) is 4.79 Å². The lowest BCUT2D eigenvalue weighted by molar-refractivity contribution is -0.133. The number of aromatic nitrogens is 1. The van der Waals surface area contributed by atoms with E-state index in [4.69, 9.17) is 9.47 Å². The number of aromatic amines is 1. The highest BCUT2D eigenvalue weighted by atomic mass is 16.6. The summed E-state index contributed by atoms with van der Waals surface area (Å²) in [6, 6.07) is 23.4. The van der Waals surface area contributed by atoms with Gasteiger partial charge in [-0.05, 0) is 42.0 Å². The van der Waals surface area contributed by atoms with Crippen LogP contribution >= 0.6 is 0 Å². The molecule has 1 aliphatic rings. The van der Waals surface area contributed by atoms with Gasteiger partial charge in [0.25, 0.3) is 0 Å². The molecule has 46 heavy (non-hydrogen) atoms. The number of epoxide rings is 1. The Morgan fingerprint density at radius 3 is 2.07 bits per heavy atom. The molecule has 4 N–H and O–H groups in total. The van der Waals surface area contributed by atoms with Gasteiger partial charge in [-0.15, -0.1) is 0 Å². The number of amides is 3. The molecule has 240 valence electrons. The number of H-pyrrole nitrogens is 1. The Labute approximate surface area is 268 Å². The fourth-order valence-corrected chi connectivity index (χ4v) is 5.37. The molecule has 0 aliphatic carbocycles. The van der Waals surface area contributed by atoms with E-state index in [0.717, 1.165) is 27.6 Å². The number of nitrogens with one attached hydrogen (secondary N) is 4. The Kier molecular flexibility index (Phi) is 10.2. The molecule has 1 saturated heterocycles. The Morgan fingerprint density at radius 1 is 0.804 bits per heavy atom. The monoisotopic (exact) mass is 624 g/mol. The van der Waals surface area contributed by atoms with E-state index in [1.807, 2.05) is 91.1 Å². The molecular formula is C36H40N4O6. The van der Waals surface area contributed by atoms with Gasteiger partial charge in [0.05, 0.1) is 12.6 Å². The largest absolute Gasteiger partial charge is 0.445 e. The third kappa shape index (κ3) is 8.19. The lowest BCUT2D eigenvalue weighted by atomic mass is 9.94. The van der Waals surface area contributed by atoms with Crippen LogP contribution < -0.4 is 16.0 Å². The van der Waals surface area contributed by atoms with Crippen molar-refractivity contribution in [3.8, 4) is 0 Å². The van der Waals surface area contributed by atoms with Crippen molar-refractivity contribution in [2.75, 3.05) is 6.61 Å². The van der Waals surface area contributed by atoms with Crippen LogP contribution in [0.1, 0.15) is 37.5 Å². The van der Waals surface area contributed by atoms with Gasteiger partial charge >= 0.3 is 6.09 Å². The van der Waals surface area contributed by atoms with Crippen molar-refractivity contribution in [2.24, 2.45) is 5.92 Å². The summed E-state index contributed by atoms with van der Waals surface area (Å²) in [5, 5.41) is 9.35. The van der Waals surface area contributed by atoms with Crippen LogP contribution in [0.2, 0.25) is 0 Å². The van der Waals surface area contributed by atoms with Crippen molar-refractivity contribution in [1.82, 2.24) is 20.9 Å². The molecule has 1 fully saturated rings. The quantitative estimate of drug-likeness (QED) is 0.155. The van der Waals surface area contributed by atoms with E-state index >= 15 is 0 Å². The number of hydrogen-bond donors (Lipinski definition) is 4. The van der Waals surface area contributed by atoms with Crippen molar-refractivity contribution in [3.05, 3.63) is 108 Å². The Hall–Kier alpha value is -4.96. The normalized spacial score (nSPS) is 17.5. The maximum Gasteiger partial charge on any atom is 0.408 e. The summed E-state index contributed by atoms with van der Waals surface area (Å²) in [6.45, 7) is 5.62. The summed E-state index contributed by atoms with van der Waals surface area (Å²) in [6.07, 6.45) is 1.47. The summed E-state index contributed by atoms with van der Waals surface area (Å²) in [7, 11) is 0. The summed E-state index contributed by atoms with van der Waals surface area (Å²) in [5.74, 6) is -1.62. The number of benzene rings is 3. The minimum Gasteiger partial charge on any atom is -0.445 e. The standard InChI is InChI=1S/C36H40N4O6/c1-23(2)31(40-35(44)45-21-25-14-8-5-9-15-25)34(43)39-30(19-26-20-37-28-17-11-10-16-27(26)28)33(42)38-29(32(41)36(3)22-46-36)18-24-12-6-4-7-13-24/h4-17,20,23,29-31,37H,18-19,21-22H2,1-3H3,(H,38,42)(H,39,43)(H,40,44)/t29-,30-,31?,36+/m0/s1. The number of rotatable bonds is 14. The first-order valence-corrected chi connectivity index (χ1v) is 15.5. The van der Waals surface area contributed by atoms with Crippen molar-refractivity contribution >= 4 is 34.6 Å². The fourth-order valence-electron chi connectivity index (χ4n) is 5.37. The summed E-state index contributed by atoms with van der Waals surface area (Å²) >= 11 is 0. The number of carbonyl (C=O) groups is 4. The number of Topliss-reactive ketones (excluding diaryl/α,β-unsaturated/α-hetero) is 1. The minimum atomic E-state index is -1.06. The number of ketones is 1. The van der Waals surface area contributed by atoms with Crippen LogP contribution in [-0.2, 0) is 43.3 Å². The van der Waals surface area contributed by atoms with Gasteiger partial charge in [0, 0.05) is 23.5 Å². The molecule has 0 radical (unpaired) electrons. The molecule has 2 heterocycles. The summed E-state index contributed by atoms with van der Waals surface area (Å²) in [5.41, 5.74) is 2.43. The molecular weight excluding hydrogens is 584 g/mol. The molecule has 1 aromatic heterocycles. The number of ether oxygens (including phenoxy) is 2. The van der Waals surface area contributed by atoms with Crippen molar-refractivity contribution < 1.29 is 28.7 Å². The first-order valence-electron chi connectivity index (χ1n) is 15.5. The van der Waals surface area contributed by atoms with Crippen LogP contribution in [0.15, 0.2) is 91.1 Å². The van der Waals surface area contributed by atoms with Gasteiger partial charge in [0.2, 0.25) is 11.8 Å². The van der Waals surface area contributed by atoms with Gasteiger partial charge in [0.15, 0.2) is 5.78 Å². The van der Waals surface area contributed by atoms with Crippen molar-refractivity contribution in [1.29, 1.82) is 0 Å². The molecule has 10 heteroatoms. The minimum absolute atomic E-state index is 0.0458. The predicted molar refractivity (Wildman–Crippen MR) is 174 cm³/mol. The van der Waals surface area contributed by atoms with Crippen LogP contribution in [0.5, 0.6) is 0 Å². The smallest absolute Gasteiger partial charge is 0.408 e. The van der Waals surface area contributed by atoms with Crippen LogP contribution in [0, 0.1) is 5.92 Å². The van der Waals surface area contributed by atoms with E-state index < -0.39 is 41.6 Å². The molecule has 10 nitrogen and oxygen atoms in total. The molecule has 4 atom stereocenters. The lowest BCUT2D eigenvalue weighted by Crippen LogP contribution is -2.58. The van der Waals surface area contributed by atoms with Crippen LogP contribution in [0.3, 0.4) is 0 Å². The van der Waals surface area contributed by atoms with Gasteiger partial charge in [-0.3, -0.25) is 14.4 Å². The third-order valence-electron chi connectivity index (χ3n) is 8.18. The van der Waals surface area contributed by atoms with E-state index in [1.165, 1.54) is 0 Å². The Bertz CT molecular complexity index is 1670. The van der Waals surface area contributed by atoms with E-state index in [1.54, 1.807) is 20.8 Å². The number of carbonyl (C=O) groups excluding carboxylic acids is 4. The molecule has 1 aliphatic heterocycles. The Morgan fingerprint density at radius 2 is 1.41 bits per heavy atom. The van der Waals surface area contributed by atoms with Gasteiger partial charge in [-0.2, -0.15) is 0 Å². The van der Waals surface area contributed by atoms with Gasteiger partial charge in [0.1, 0.15) is 24.3 Å². The van der Waals surface area contributed by atoms with Crippen molar-refractivity contribution in [3.63, 3.8) is 0 Å². The molecule has 0 bridgehead atoms. The average molecular weight is 625 g/mol.